The Hall–Kier alpha value is -3.08. The molecule has 5 heteroatoms. The zero-order valence-electron chi connectivity index (χ0n) is 16.4. The molecule has 0 radical (unpaired) electrons. The summed E-state index contributed by atoms with van der Waals surface area (Å²) in [6, 6.07) is 18.2. The SMILES string of the molecule is Cc1cccc(OCC(=O)N2CCN(c3ccc4ccccc4n3)CC2)c1C. The first-order valence-corrected chi connectivity index (χ1v) is 9.69. The van der Waals surface area contributed by atoms with E-state index in [9.17, 15) is 4.79 Å². The molecule has 2 aromatic carbocycles. The van der Waals surface area contributed by atoms with Crippen molar-refractivity contribution in [2.24, 2.45) is 0 Å². The first-order chi connectivity index (χ1) is 13.6. The number of fused-ring (bicyclic) bond motifs is 1. The van der Waals surface area contributed by atoms with Gasteiger partial charge in [0.1, 0.15) is 11.6 Å². The molecular formula is C23H25N3O2. The molecule has 0 N–H and O–H groups in total. The van der Waals surface area contributed by atoms with Gasteiger partial charge >= 0.3 is 0 Å². The van der Waals surface area contributed by atoms with E-state index in [0.29, 0.717) is 13.1 Å². The van der Waals surface area contributed by atoms with Crippen molar-refractivity contribution in [2.45, 2.75) is 13.8 Å². The van der Waals surface area contributed by atoms with E-state index >= 15 is 0 Å². The van der Waals surface area contributed by atoms with Gasteiger partial charge in [0, 0.05) is 31.6 Å². The number of aromatic nitrogens is 1. The lowest BCUT2D eigenvalue weighted by molar-refractivity contribution is -0.133. The second-order valence-electron chi connectivity index (χ2n) is 7.22. The van der Waals surface area contributed by atoms with E-state index in [1.54, 1.807) is 0 Å². The number of aryl methyl sites for hydroxylation is 1. The van der Waals surface area contributed by atoms with Crippen molar-refractivity contribution in [3.05, 3.63) is 65.7 Å². The number of carbonyl (C=O) groups is 1. The molecule has 3 aromatic rings. The van der Waals surface area contributed by atoms with E-state index < -0.39 is 0 Å². The Morgan fingerprint density at radius 1 is 0.964 bits per heavy atom. The lowest BCUT2D eigenvalue weighted by Gasteiger charge is -2.35. The highest BCUT2D eigenvalue weighted by Gasteiger charge is 2.22. The van der Waals surface area contributed by atoms with Crippen LogP contribution < -0.4 is 9.64 Å². The van der Waals surface area contributed by atoms with Crippen LogP contribution in [0.2, 0.25) is 0 Å². The molecule has 0 spiro atoms. The Bertz CT molecular complexity index is 994. The number of amides is 1. The van der Waals surface area contributed by atoms with E-state index in [2.05, 4.69) is 23.1 Å². The van der Waals surface area contributed by atoms with Crippen LogP contribution in [-0.2, 0) is 4.79 Å². The largest absolute Gasteiger partial charge is 0.483 e. The monoisotopic (exact) mass is 375 g/mol. The van der Waals surface area contributed by atoms with Gasteiger partial charge in [-0.3, -0.25) is 4.79 Å². The van der Waals surface area contributed by atoms with Crippen molar-refractivity contribution in [1.29, 1.82) is 0 Å². The third-order valence-corrected chi connectivity index (χ3v) is 5.45. The van der Waals surface area contributed by atoms with Crippen LogP contribution in [0.1, 0.15) is 11.1 Å². The van der Waals surface area contributed by atoms with Gasteiger partial charge in [0.25, 0.3) is 5.91 Å². The van der Waals surface area contributed by atoms with Gasteiger partial charge in [-0.15, -0.1) is 0 Å². The van der Waals surface area contributed by atoms with Crippen LogP contribution in [0.5, 0.6) is 5.75 Å². The fraction of sp³-hybridized carbons (Fsp3) is 0.304. The smallest absolute Gasteiger partial charge is 0.260 e. The summed E-state index contributed by atoms with van der Waals surface area (Å²) in [5.41, 5.74) is 3.25. The molecule has 1 amide bonds. The zero-order valence-corrected chi connectivity index (χ0v) is 16.4. The predicted molar refractivity (Wildman–Crippen MR) is 112 cm³/mol. The minimum Gasteiger partial charge on any atom is -0.483 e. The number of nitrogens with zero attached hydrogens (tertiary/aromatic N) is 3. The molecular weight excluding hydrogens is 350 g/mol. The molecule has 0 saturated carbocycles. The van der Waals surface area contributed by atoms with Gasteiger partial charge in [-0.2, -0.15) is 0 Å². The lowest BCUT2D eigenvalue weighted by atomic mass is 10.1. The maximum Gasteiger partial charge on any atom is 0.260 e. The van der Waals surface area contributed by atoms with Crippen LogP contribution >= 0.6 is 0 Å². The Balaban J connectivity index is 1.34. The van der Waals surface area contributed by atoms with Crippen LogP contribution in [-0.4, -0.2) is 48.6 Å². The topological polar surface area (TPSA) is 45.7 Å². The molecule has 0 aliphatic carbocycles. The maximum absolute atomic E-state index is 12.6. The molecule has 1 aromatic heterocycles. The predicted octanol–water partition coefficient (Wildman–Crippen LogP) is 3.58. The Kier molecular flexibility index (Phi) is 5.15. The van der Waals surface area contributed by atoms with Crippen LogP contribution in [0.15, 0.2) is 54.6 Å². The van der Waals surface area contributed by atoms with Crippen molar-refractivity contribution in [3.63, 3.8) is 0 Å². The van der Waals surface area contributed by atoms with Gasteiger partial charge < -0.3 is 14.5 Å². The number of rotatable bonds is 4. The van der Waals surface area contributed by atoms with E-state index in [0.717, 1.165) is 41.1 Å². The van der Waals surface area contributed by atoms with Crippen molar-refractivity contribution in [2.75, 3.05) is 37.7 Å². The summed E-state index contributed by atoms with van der Waals surface area (Å²) in [6.45, 7) is 7.07. The first-order valence-electron chi connectivity index (χ1n) is 9.69. The van der Waals surface area contributed by atoms with Crippen molar-refractivity contribution >= 4 is 22.6 Å². The summed E-state index contributed by atoms with van der Waals surface area (Å²) in [7, 11) is 0. The highest BCUT2D eigenvalue weighted by molar-refractivity contribution is 5.80. The van der Waals surface area contributed by atoms with Crippen LogP contribution in [0.25, 0.3) is 10.9 Å². The summed E-state index contributed by atoms with van der Waals surface area (Å²) in [4.78, 5) is 21.4. The van der Waals surface area contributed by atoms with Crippen molar-refractivity contribution in [1.82, 2.24) is 9.88 Å². The van der Waals surface area contributed by atoms with Crippen LogP contribution in [0.4, 0.5) is 5.82 Å². The molecule has 0 atom stereocenters. The normalized spacial score (nSPS) is 14.4. The average Bonchev–Trinajstić information content (AvgIpc) is 2.74. The number of pyridine rings is 1. The average molecular weight is 375 g/mol. The van der Waals surface area contributed by atoms with Crippen molar-refractivity contribution < 1.29 is 9.53 Å². The van der Waals surface area contributed by atoms with E-state index in [1.165, 1.54) is 5.56 Å². The third kappa shape index (κ3) is 3.79. The molecule has 28 heavy (non-hydrogen) atoms. The number of carbonyl (C=O) groups excluding carboxylic acids is 1. The summed E-state index contributed by atoms with van der Waals surface area (Å²) in [6.07, 6.45) is 0. The Morgan fingerprint density at radius 3 is 2.57 bits per heavy atom. The van der Waals surface area contributed by atoms with Gasteiger partial charge in [-0.1, -0.05) is 30.3 Å². The maximum atomic E-state index is 12.6. The highest BCUT2D eigenvalue weighted by Crippen LogP contribution is 2.21. The Labute approximate surface area is 165 Å². The molecule has 2 heterocycles. The van der Waals surface area contributed by atoms with Crippen LogP contribution in [0.3, 0.4) is 0 Å². The van der Waals surface area contributed by atoms with Crippen molar-refractivity contribution in [3.8, 4) is 5.75 Å². The van der Waals surface area contributed by atoms with Crippen LogP contribution in [0, 0.1) is 13.8 Å². The number of anilines is 1. The molecule has 1 aliphatic heterocycles. The standard InChI is InChI=1S/C23H25N3O2/c1-17-6-5-9-21(18(17)2)28-16-23(27)26-14-12-25(13-15-26)22-11-10-19-7-3-4-8-20(19)24-22/h3-11H,12-16H2,1-2H3. The lowest BCUT2D eigenvalue weighted by Crippen LogP contribution is -2.50. The summed E-state index contributed by atoms with van der Waals surface area (Å²) >= 11 is 0. The van der Waals surface area contributed by atoms with E-state index in [-0.39, 0.29) is 12.5 Å². The number of hydrogen-bond acceptors (Lipinski definition) is 4. The fourth-order valence-electron chi connectivity index (χ4n) is 3.53. The summed E-state index contributed by atoms with van der Waals surface area (Å²) in [5, 5.41) is 1.14. The zero-order chi connectivity index (χ0) is 19.5. The minimum atomic E-state index is 0.0343. The molecule has 5 nitrogen and oxygen atoms in total. The number of ether oxygens (including phenoxy) is 1. The van der Waals surface area contributed by atoms with Gasteiger partial charge in [-0.05, 0) is 49.2 Å². The summed E-state index contributed by atoms with van der Waals surface area (Å²) in [5.74, 6) is 1.79. The first kappa shape index (κ1) is 18.3. The van der Waals surface area contributed by atoms with Gasteiger partial charge in [0.05, 0.1) is 5.52 Å². The molecule has 1 saturated heterocycles. The van der Waals surface area contributed by atoms with Gasteiger partial charge in [0.2, 0.25) is 0 Å². The molecule has 1 aliphatic rings. The molecule has 1 fully saturated rings. The third-order valence-electron chi connectivity index (χ3n) is 5.45. The van der Waals surface area contributed by atoms with Gasteiger partial charge in [0.15, 0.2) is 6.61 Å². The molecule has 144 valence electrons. The number of benzene rings is 2. The molecule has 0 bridgehead atoms. The fourth-order valence-corrected chi connectivity index (χ4v) is 3.53. The van der Waals surface area contributed by atoms with E-state index in [1.807, 2.05) is 55.1 Å². The minimum absolute atomic E-state index is 0.0343. The quantitative estimate of drug-likeness (QED) is 0.699. The second kappa shape index (κ2) is 7.89. The Morgan fingerprint density at radius 2 is 1.75 bits per heavy atom. The van der Waals surface area contributed by atoms with E-state index in [4.69, 9.17) is 9.72 Å². The van der Waals surface area contributed by atoms with Gasteiger partial charge in [-0.25, -0.2) is 4.98 Å². The number of piperazine rings is 1. The molecule has 0 unspecified atom stereocenters. The highest BCUT2D eigenvalue weighted by atomic mass is 16.5. The molecule has 4 rings (SSSR count). The number of para-hydroxylation sites is 1. The number of hydrogen-bond donors (Lipinski definition) is 0. The second-order valence-corrected chi connectivity index (χ2v) is 7.22. The summed E-state index contributed by atoms with van der Waals surface area (Å²) < 4.78 is 5.78.